The molecule has 80 valence electrons. The molecule has 0 amide bonds. The number of benzene rings is 1. The second kappa shape index (κ2) is 3.90. The normalized spacial score (nSPS) is 19.7. The van der Waals surface area contributed by atoms with E-state index < -0.39 is 12.0 Å². The number of carboxylic acid groups (broad SMARTS) is 1. The van der Waals surface area contributed by atoms with Gasteiger partial charge in [0, 0.05) is 11.0 Å². The van der Waals surface area contributed by atoms with Crippen LogP contribution in [0.3, 0.4) is 0 Å². The predicted molar refractivity (Wildman–Crippen MR) is 56.2 cm³/mol. The molecule has 1 heterocycles. The minimum Gasteiger partial charge on any atom is -0.480 e. The fourth-order valence-electron chi connectivity index (χ4n) is 1.82. The summed E-state index contributed by atoms with van der Waals surface area (Å²) in [5.74, 6) is -1.32. The second-order valence-electron chi connectivity index (χ2n) is 3.43. The number of fused-ring (bicyclic) bond motifs is 1. The molecule has 0 aliphatic carbocycles. The van der Waals surface area contributed by atoms with Crippen molar-refractivity contribution in [3.8, 4) is 0 Å². The summed E-state index contributed by atoms with van der Waals surface area (Å²) >= 11 is 3.16. The molecule has 3 nitrogen and oxygen atoms in total. The van der Waals surface area contributed by atoms with Crippen molar-refractivity contribution < 1.29 is 14.3 Å². The predicted octanol–water partition coefficient (Wildman–Crippen LogP) is 1.86. The SMILES string of the molecule is O=C(O)C1NCCc2c(F)cc(Br)cc21. The summed E-state index contributed by atoms with van der Waals surface area (Å²) in [7, 11) is 0. The molecule has 2 rings (SSSR count). The van der Waals surface area contributed by atoms with Crippen LogP contribution in [-0.2, 0) is 11.2 Å². The Morgan fingerprint density at radius 1 is 1.60 bits per heavy atom. The molecular formula is C10H9BrFNO2. The Labute approximate surface area is 94.4 Å². The van der Waals surface area contributed by atoms with Crippen LogP contribution < -0.4 is 5.32 Å². The first-order valence-corrected chi connectivity index (χ1v) is 5.33. The molecule has 1 aromatic rings. The first-order valence-electron chi connectivity index (χ1n) is 4.53. The smallest absolute Gasteiger partial charge is 0.325 e. The largest absolute Gasteiger partial charge is 0.480 e. The quantitative estimate of drug-likeness (QED) is 0.821. The average Bonchev–Trinajstić information content (AvgIpc) is 2.16. The molecular weight excluding hydrogens is 265 g/mol. The lowest BCUT2D eigenvalue weighted by Crippen LogP contribution is -2.35. The van der Waals surface area contributed by atoms with Crippen molar-refractivity contribution >= 4 is 21.9 Å². The van der Waals surface area contributed by atoms with Crippen molar-refractivity contribution in [2.75, 3.05) is 6.54 Å². The first-order chi connectivity index (χ1) is 7.09. The van der Waals surface area contributed by atoms with Crippen molar-refractivity contribution in [3.05, 3.63) is 33.5 Å². The molecule has 1 aliphatic rings. The zero-order chi connectivity index (χ0) is 11.0. The van der Waals surface area contributed by atoms with Gasteiger partial charge in [0.1, 0.15) is 11.9 Å². The molecule has 0 bridgehead atoms. The van der Waals surface area contributed by atoms with E-state index in [2.05, 4.69) is 21.2 Å². The van der Waals surface area contributed by atoms with E-state index >= 15 is 0 Å². The van der Waals surface area contributed by atoms with Crippen LogP contribution in [0, 0.1) is 5.82 Å². The molecule has 0 fully saturated rings. The molecule has 5 heteroatoms. The second-order valence-corrected chi connectivity index (χ2v) is 4.35. The Kier molecular flexibility index (Phi) is 2.75. The van der Waals surface area contributed by atoms with Crippen molar-refractivity contribution in [3.63, 3.8) is 0 Å². The van der Waals surface area contributed by atoms with Gasteiger partial charge in [0.2, 0.25) is 0 Å². The van der Waals surface area contributed by atoms with Crippen LogP contribution in [0.4, 0.5) is 4.39 Å². The molecule has 0 saturated carbocycles. The van der Waals surface area contributed by atoms with E-state index in [9.17, 15) is 9.18 Å². The molecule has 0 saturated heterocycles. The van der Waals surface area contributed by atoms with Gasteiger partial charge in [-0.05, 0) is 29.7 Å². The summed E-state index contributed by atoms with van der Waals surface area (Å²) in [6, 6.07) is 2.22. The van der Waals surface area contributed by atoms with Crippen LogP contribution >= 0.6 is 15.9 Å². The number of rotatable bonds is 1. The monoisotopic (exact) mass is 273 g/mol. The molecule has 1 atom stereocenters. The molecule has 1 unspecified atom stereocenters. The summed E-state index contributed by atoms with van der Waals surface area (Å²) < 4.78 is 14.1. The van der Waals surface area contributed by atoms with Gasteiger partial charge in [-0.1, -0.05) is 15.9 Å². The summed E-state index contributed by atoms with van der Waals surface area (Å²) in [6.45, 7) is 0.489. The van der Waals surface area contributed by atoms with Gasteiger partial charge in [0.15, 0.2) is 0 Å². The van der Waals surface area contributed by atoms with Crippen LogP contribution in [0.5, 0.6) is 0 Å². The zero-order valence-corrected chi connectivity index (χ0v) is 9.34. The molecule has 0 radical (unpaired) electrons. The number of halogens is 2. The third-order valence-electron chi connectivity index (χ3n) is 2.48. The molecule has 1 aliphatic heterocycles. The minimum atomic E-state index is -0.978. The topological polar surface area (TPSA) is 49.3 Å². The fraction of sp³-hybridized carbons (Fsp3) is 0.300. The third-order valence-corrected chi connectivity index (χ3v) is 2.93. The van der Waals surface area contributed by atoms with E-state index in [1.54, 1.807) is 6.07 Å². The van der Waals surface area contributed by atoms with E-state index in [0.29, 0.717) is 28.6 Å². The van der Waals surface area contributed by atoms with Crippen molar-refractivity contribution in [2.45, 2.75) is 12.5 Å². The lowest BCUT2D eigenvalue weighted by atomic mass is 9.94. The number of carboxylic acids is 1. The highest BCUT2D eigenvalue weighted by Crippen LogP contribution is 2.28. The highest BCUT2D eigenvalue weighted by Gasteiger charge is 2.27. The van der Waals surface area contributed by atoms with Crippen LogP contribution in [0.25, 0.3) is 0 Å². The molecule has 2 N–H and O–H groups in total. The average molecular weight is 274 g/mol. The maximum atomic E-state index is 13.5. The van der Waals surface area contributed by atoms with Crippen LogP contribution in [0.1, 0.15) is 17.2 Å². The Morgan fingerprint density at radius 3 is 3.00 bits per heavy atom. The number of nitrogens with one attached hydrogen (secondary N) is 1. The fourth-order valence-corrected chi connectivity index (χ4v) is 2.26. The highest BCUT2D eigenvalue weighted by molar-refractivity contribution is 9.10. The van der Waals surface area contributed by atoms with Crippen LogP contribution in [0.2, 0.25) is 0 Å². The maximum absolute atomic E-state index is 13.5. The van der Waals surface area contributed by atoms with Gasteiger partial charge in [0.05, 0.1) is 0 Å². The third kappa shape index (κ3) is 1.89. The van der Waals surface area contributed by atoms with Crippen LogP contribution in [-0.4, -0.2) is 17.6 Å². The minimum absolute atomic E-state index is 0.341. The van der Waals surface area contributed by atoms with Crippen molar-refractivity contribution in [1.29, 1.82) is 0 Å². The van der Waals surface area contributed by atoms with Crippen LogP contribution in [0.15, 0.2) is 16.6 Å². The standard InChI is InChI=1S/C10H9BrFNO2/c11-5-3-7-6(8(12)4-5)1-2-13-9(7)10(14)15/h3-4,9,13H,1-2H2,(H,14,15). The van der Waals surface area contributed by atoms with E-state index in [-0.39, 0.29) is 5.82 Å². The van der Waals surface area contributed by atoms with Gasteiger partial charge in [-0.2, -0.15) is 0 Å². The summed E-state index contributed by atoms with van der Waals surface area (Å²) in [4.78, 5) is 10.9. The Balaban J connectivity index is 2.55. The number of carbonyl (C=O) groups is 1. The van der Waals surface area contributed by atoms with E-state index in [1.165, 1.54) is 6.07 Å². The highest BCUT2D eigenvalue weighted by atomic mass is 79.9. The van der Waals surface area contributed by atoms with Gasteiger partial charge >= 0.3 is 5.97 Å². The van der Waals surface area contributed by atoms with Gasteiger partial charge in [-0.3, -0.25) is 4.79 Å². The number of hydrogen-bond acceptors (Lipinski definition) is 2. The van der Waals surface area contributed by atoms with Crippen molar-refractivity contribution in [1.82, 2.24) is 5.32 Å². The zero-order valence-electron chi connectivity index (χ0n) is 7.76. The van der Waals surface area contributed by atoms with E-state index in [0.717, 1.165) is 0 Å². The Bertz CT molecular complexity index is 422. The molecule has 15 heavy (non-hydrogen) atoms. The Hall–Kier alpha value is -0.940. The van der Waals surface area contributed by atoms with E-state index in [1.807, 2.05) is 0 Å². The van der Waals surface area contributed by atoms with Gasteiger partial charge in [0.25, 0.3) is 0 Å². The van der Waals surface area contributed by atoms with Gasteiger partial charge in [-0.15, -0.1) is 0 Å². The van der Waals surface area contributed by atoms with E-state index in [4.69, 9.17) is 5.11 Å². The molecule has 0 spiro atoms. The summed E-state index contributed by atoms with van der Waals surface area (Å²) in [5.41, 5.74) is 1.02. The summed E-state index contributed by atoms with van der Waals surface area (Å²) in [5, 5.41) is 11.8. The Morgan fingerprint density at radius 2 is 2.33 bits per heavy atom. The van der Waals surface area contributed by atoms with Gasteiger partial charge < -0.3 is 10.4 Å². The molecule has 0 aromatic heterocycles. The number of hydrogen-bond donors (Lipinski definition) is 2. The maximum Gasteiger partial charge on any atom is 0.325 e. The number of aliphatic carboxylic acids is 1. The molecule has 1 aromatic carbocycles. The lowest BCUT2D eigenvalue weighted by Gasteiger charge is -2.24. The van der Waals surface area contributed by atoms with Crippen molar-refractivity contribution in [2.24, 2.45) is 0 Å². The first kappa shape index (κ1) is 10.6. The lowest BCUT2D eigenvalue weighted by molar-refractivity contribution is -0.139. The summed E-state index contributed by atoms with van der Waals surface area (Å²) in [6.07, 6.45) is 0.526. The van der Waals surface area contributed by atoms with Gasteiger partial charge in [-0.25, -0.2) is 4.39 Å².